The van der Waals surface area contributed by atoms with E-state index in [0.29, 0.717) is 18.1 Å². The van der Waals surface area contributed by atoms with Gasteiger partial charge in [-0.05, 0) is 56.5 Å². The van der Waals surface area contributed by atoms with Gasteiger partial charge in [-0.15, -0.1) is 0 Å². The predicted molar refractivity (Wildman–Crippen MR) is 118 cm³/mol. The third kappa shape index (κ3) is 6.34. The summed E-state index contributed by atoms with van der Waals surface area (Å²) in [5.74, 6) is 0.338. The van der Waals surface area contributed by atoms with E-state index in [1.807, 2.05) is 6.07 Å². The topological polar surface area (TPSA) is 55.8 Å². The molecule has 0 bridgehead atoms. The minimum atomic E-state index is -1.89. The fraction of sp³-hybridized carbons (Fsp3) is 0.696. The van der Waals surface area contributed by atoms with Crippen LogP contribution < -0.4 is 0 Å². The van der Waals surface area contributed by atoms with Crippen molar-refractivity contribution < 1.29 is 19.1 Å². The van der Waals surface area contributed by atoms with Crippen LogP contribution in [0.4, 0.5) is 0 Å². The van der Waals surface area contributed by atoms with E-state index in [1.54, 1.807) is 13.0 Å². The molecule has 0 aromatic heterocycles. The molecule has 0 saturated carbocycles. The van der Waals surface area contributed by atoms with Gasteiger partial charge in [-0.3, -0.25) is 0 Å². The summed E-state index contributed by atoms with van der Waals surface area (Å²) in [7, 11) is -1.89. The summed E-state index contributed by atoms with van der Waals surface area (Å²) in [4.78, 5) is 12.0. The van der Waals surface area contributed by atoms with E-state index in [4.69, 9.17) is 9.16 Å². The van der Waals surface area contributed by atoms with E-state index in [2.05, 4.69) is 41.5 Å². The molecule has 0 aliphatic carbocycles. The lowest BCUT2D eigenvalue weighted by Crippen LogP contribution is -2.44. The van der Waals surface area contributed by atoms with E-state index in [-0.39, 0.29) is 5.75 Å². The normalized spacial score (nSPS) is 14.1. The zero-order chi connectivity index (χ0) is 21.4. The number of rotatable bonds is 12. The van der Waals surface area contributed by atoms with Crippen molar-refractivity contribution in [2.24, 2.45) is 5.92 Å². The van der Waals surface area contributed by atoms with Gasteiger partial charge in [-0.2, -0.15) is 0 Å². The molecule has 0 saturated heterocycles. The Labute approximate surface area is 172 Å². The summed E-state index contributed by atoms with van der Waals surface area (Å²) in [6.07, 6.45) is 3.01. The van der Waals surface area contributed by atoms with Crippen molar-refractivity contribution in [1.29, 1.82) is 0 Å². The van der Waals surface area contributed by atoms with E-state index < -0.39 is 19.9 Å². The number of carbonyl (C=O) groups excluding carboxylic acids is 1. The molecule has 1 aromatic carbocycles. The van der Waals surface area contributed by atoms with E-state index in [9.17, 15) is 9.90 Å². The van der Waals surface area contributed by atoms with Crippen LogP contribution in [0.25, 0.3) is 0 Å². The van der Waals surface area contributed by atoms with Gasteiger partial charge in [0.2, 0.25) is 0 Å². The molecule has 160 valence electrons. The molecular weight excluding hydrogens is 368 g/mol. The second-order valence-electron chi connectivity index (χ2n) is 8.32. The van der Waals surface area contributed by atoms with Crippen molar-refractivity contribution in [3.05, 3.63) is 29.3 Å². The van der Waals surface area contributed by atoms with Gasteiger partial charge in [0.1, 0.15) is 5.75 Å². The molecule has 28 heavy (non-hydrogen) atoms. The Balaban J connectivity index is 3.28. The summed E-state index contributed by atoms with van der Waals surface area (Å²) in [5.41, 5.74) is 0.592. The zero-order valence-corrected chi connectivity index (χ0v) is 19.9. The number of carbonyl (C=O) groups is 1. The van der Waals surface area contributed by atoms with Crippen molar-refractivity contribution in [1.82, 2.24) is 0 Å². The highest BCUT2D eigenvalue weighted by Crippen LogP contribution is 2.42. The molecule has 0 amide bonds. The van der Waals surface area contributed by atoms with Gasteiger partial charge in [0.25, 0.3) is 0 Å². The second kappa shape index (κ2) is 11.0. The highest BCUT2D eigenvalue weighted by Gasteiger charge is 2.40. The first kappa shape index (κ1) is 24.7. The third-order valence-corrected chi connectivity index (χ3v) is 10.6. The summed E-state index contributed by atoms with van der Waals surface area (Å²) < 4.78 is 12.0. The van der Waals surface area contributed by atoms with Crippen molar-refractivity contribution in [3.8, 4) is 5.75 Å². The molecule has 0 fully saturated rings. The van der Waals surface area contributed by atoms with Crippen LogP contribution in [0.15, 0.2) is 18.2 Å². The molecule has 4 nitrogen and oxygen atoms in total. The van der Waals surface area contributed by atoms with E-state index in [1.165, 1.54) is 6.07 Å². The molecular formula is C23H40O4Si. The number of benzene rings is 1. The molecule has 0 aliphatic heterocycles. The third-order valence-electron chi connectivity index (χ3n) is 5.89. The number of ether oxygens (including phenoxy) is 1. The van der Waals surface area contributed by atoms with Crippen LogP contribution >= 0.6 is 0 Å². The average Bonchev–Trinajstić information content (AvgIpc) is 2.66. The molecule has 1 atom stereocenters. The first-order valence-corrected chi connectivity index (χ1v) is 13.4. The SMILES string of the molecule is CCOC(=O)c1ccc([C@](C)(CCCC(C)C)O[Si](CC)(CC)CC)c(O)c1. The van der Waals surface area contributed by atoms with Crippen LogP contribution in [-0.4, -0.2) is 26.0 Å². The van der Waals surface area contributed by atoms with Crippen LogP contribution in [0.2, 0.25) is 18.1 Å². The Morgan fingerprint density at radius 1 is 1.14 bits per heavy atom. The lowest BCUT2D eigenvalue weighted by atomic mass is 9.88. The van der Waals surface area contributed by atoms with Gasteiger partial charge >= 0.3 is 5.97 Å². The van der Waals surface area contributed by atoms with Gasteiger partial charge in [-0.1, -0.05) is 53.5 Å². The minimum Gasteiger partial charge on any atom is -0.508 e. The summed E-state index contributed by atoms with van der Waals surface area (Å²) in [5, 5.41) is 10.8. The van der Waals surface area contributed by atoms with Crippen molar-refractivity contribution in [2.45, 2.75) is 91.5 Å². The van der Waals surface area contributed by atoms with E-state index >= 15 is 0 Å². The maximum atomic E-state index is 12.0. The maximum absolute atomic E-state index is 12.0. The molecule has 1 rings (SSSR count). The predicted octanol–water partition coefficient (Wildman–Crippen LogP) is 6.63. The number of aromatic hydroxyl groups is 1. The first-order chi connectivity index (χ1) is 13.2. The highest BCUT2D eigenvalue weighted by atomic mass is 28.4. The summed E-state index contributed by atoms with van der Waals surface area (Å²) >= 11 is 0. The van der Waals surface area contributed by atoms with Crippen molar-refractivity contribution in [3.63, 3.8) is 0 Å². The largest absolute Gasteiger partial charge is 0.508 e. The fourth-order valence-electron chi connectivity index (χ4n) is 3.85. The van der Waals surface area contributed by atoms with Crippen LogP contribution in [0.3, 0.4) is 0 Å². The summed E-state index contributed by atoms with van der Waals surface area (Å²) in [6, 6.07) is 8.27. The van der Waals surface area contributed by atoms with Crippen molar-refractivity contribution >= 4 is 14.3 Å². The van der Waals surface area contributed by atoms with Crippen LogP contribution in [0, 0.1) is 5.92 Å². The van der Waals surface area contributed by atoms with Gasteiger partial charge < -0.3 is 14.3 Å². The van der Waals surface area contributed by atoms with Gasteiger partial charge in [0.05, 0.1) is 17.8 Å². The van der Waals surface area contributed by atoms with E-state index in [0.717, 1.165) is 43.0 Å². The van der Waals surface area contributed by atoms with Crippen LogP contribution in [0.5, 0.6) is 5.75 Å². The molecule has 0 spiro atoms. The molecule has 0 unspecified atom stereocenters. The van der Waals surface area contributed by atoms with Crippen LogP contribution in [-0.2, 0) is 14.8 Å². The number of phenols is 1. The molecule has 1 N–H and O–H groups in total. The van der Waals surface area contributed by atoms with Gasteiger partial charge in [-0.25, -0.2) is 4.79 Å². The van der Waals surface area contributed by atoms with Gasteiger partial charge in [0, 0.05) is 5.56 Å². The second-order valence-corrected chi connectivity index (χ2v) is 13.0. The van der Waals surface area contributed by atoms with Gasteiger partial charge in [0.15, 0.2) is 8.32 Å². The Hall–Kier alpha value is -1.33. The van der Waals surface area contributed by atoms with Crippen molar-refractivity contribution in [2.75, 3.05) is 6.61 Å². The Morgan fingerprint density at radius 2 is 1.75 bits per heavy atom. The molecule has 5 heteroatoms. The standard InChI is InChI=1S/C23H40O4Si/c1-8-26-22(25)19-14-15-20(21(24)17-19)23(7,16-12-13-18(5)6)27-28(9-2,10-3)11-4/h14-15,17-18,24H,8-13,16H2,1-7H3/t23-/m0/s1. The average molecular weight is 409 g/mol. The highest BCUT2D eigenvalue weighted by molar-refractivity contribution is 6.73. The molecule has 0 radical (unpaired) electrons. The first-order valence-electron chi connectivity index (χ1n) is 10.9. The molecule has 1 aromatic rings. The lowest BCUT2D eigenvalue weighted by Gasteiger charge is -2.41. The number of hydrogen-bond acceptors (Lipinski definition) is 4. The maximum Gasteiger partial charge on any atom is 0.338 e. The Kier molecular flexibility index (Phi) is 9.71. The lowest BCUT2D eigenvalue weighted by molar-refractivity contribution is 0.0516. The quantitative estimate of drug-likeness (QED) is 0.311. The number of hydrogen-bond donors (Lipinski definition) is 1. The molecule has 0 aliphatic rings. The molecule has 0 heterocycles. The minimum absolute atomic E-state index is 0.115. The Bertz CT molecular complexity index is 617. The smallest absolute Gasteiger partial charge is 0.338 e. The monoisotopic (exact) mass is 408 g/mol. The fourth-order valence-corrected chi connectivity index (χ4v) is 6.95. The Morgan fingerprint density at radius 3 is 2.21 bits per heavy atom. The zero-order valence-electron chi connectivity index (χ0n) is 18.9. The van der Waals surface area contributed by atoms with Crippen LogP contribution in [0.1, 0.15) is 83.7 Å². The number of phenolic OH excluding ortho intramolecular Hbond substituents is 1. The summed E-state index contributed by atoms with van der Waals surface area (Å²) in [6.45, 7) is 15.3. The number of esters is 1.